The van der Waals surface area contributed by atoms with E-state index in [1.807, 2.05) is 6.07 Å². The first-order chi connectivity index (χ1) is 7.75. The van der Waals surface area contributed by atoms with Crippen LogP contribution in [0.15, 0.2) is 24.3 Å². The zero-order chi connectivity index (χ0) is 11.8. The van der Waals surface area contributed by atoms with Crippen LogP contribution in [0.1, 0.15) is 29.6 Å². The number of hydrogen-bond donors (Lipinski definition) is 1. The van der Waals surface area contributed by atoms with Gasteiger partial charge in [0, 0.05) is 12.1 Å². The molecule has 0 aliphatic rings. The maximum Gasteiger partial charge on any atom is 0.340 e. The zero-order valence-corrected chi connectivity index (χ0v) is 8.98. The number of nitrogens with zero attached hydrogens (tertiary/aromatic N) is 1. The summed E-state index contributed by atoms with van der Waals surface area (Å²) in [7, 11) is 0. The maximum atomic E-state index is 11.5. The van der Waals surface area contributed by atoms with Crippen molar-refractivity contribution in [1.29, 1.82) is 5.26 Å². The summed E-state index contributed by atoms with van der Waals surface area (Å²) in [5.41, 5.74) is 6.44. The highest BCUT2D eigenvalue weighted by Crippen LogP contribution is 2.11. The number of nitrogens with two attached hydrogens (primary N) is 1. The molecule has 0 bridgehead atoms. The highest BCUT2D eigenvalue weighted by Gasteiger charge is 2.09. The lowest BCUT2D eigenvalue weighted by Gasteiger charge is -2.05. The minimum atomic E-state index is -0.407. The summed E-state index contributed by atoms with van der Waals surface area (Å²) in [6.07, 6.45) is 1.94. The van der Waals surface area contributed by atoms with E-state index in [-0.39, 0.29) is 0 Å². The van der Waals surface area contributed by atoms with Crippen LogP contribution in [-0.2, 0) is 4.74 Å². The first-order valence-electron chi connectivity index (χ1n) is 5.14. The maximum absolute atomic E-state index is 11.5. The van der Waals surface area contributed by atoms with Gasteiger partial charge in [-0.25, -0.2) is 4.79 Å². The largest absolute Gasteiger partial charge is 0.462 e. The first kappa shape index (κ1) is 12.1. The minimum absolute atomic E-state index is 0.328. The molecule has 1 rings (SSSR count). The van der Waals surface area contributed by atoms with Gasteiger partial charge in [0.25, 0.3) is 0 Å². The van der Waals surface area contributed by atoms with Gasteiger partial charge < -0.3 is 10.5 Å². The molecular formula is C12H14N2O2. The van der Waals surface area contributed by atoms with E-state index in [2.05, 4.69) is 0 Å². The van der Waals surface area contributed by atoms with Crippen molar-refractivity contribution in [2.75, 3.05) is 12.3 Å². The number of carbonyl (C=O) groups excluding carboxylic acids is 1. The molecule has 1 aromatic rings. The third kappa shape index (κ3) is 3.62. The van der Waals surface area contributed by atoms with Crippen LogP contribution in [-0.4, -0.2) is 12.6 Å². The van der Waals surface area contributed by atoms with Gasteiger partial charge in [-0.1, -0.05) is 12.1 Å². The van der Waals surface area contributed by atoms with Crippen molar-refractivity contribution in [1.82, 2.24) is 0 Å². The Kier molecular flexibility index (Phi) is 4.87. The highest BCUT2D eigenvalue weighted by atomic mass is 16.5. The van der Waals surface area contributed by atoms with Crippen LogP contribution >= 0.6 is 0 Å². The Morgan fingerprint density at radius 3 is 2.81 bits per heavy atom. The van der Waals surface area contributed by atoms with Crippen molar-refractivity contribution in [3.8, 4) is 6.07 Å². The van der Waals surface area contributed by atoms with Crippen LogP contribution in [0.25, 0.3) is 0 Å². The number of esters is 1. The van der Waals surface area contributed by atoms with E-state index in [1.165, 1.54) is 0 Å². The second-order valence-electron chi connectivity index (χ2n) is 3.34. The molecule has 0 heterocycles. The number of ether oxygens (including phenoxy) is 1. The van der Waals surface area contributed by atoms with Crippen LogP contribution in [0, 0.1) is 11.3 Å². The molecule has 0 spiro atoms. The molecule has 84 valence electrons. The first-order valence-corrected chi connectivity index (χ1v) is 5.14. The van der Waals surface area contributed by atoms with Gasteiger partial charge in [-0.2, -0.15) is 5.26 Å². The van der Waals surface area contributed by atoms with Crippen LogP contribution in [0.2, 0.25) is 0 Å². The molecule has 0 radical (unpaired) electrons. The summed E-state index contributed by atoms with van der Waals surface area (Å²) in [6, 6.07) is 8.83. The zero-order valence-electron chi connectivity index (χ0n) is 8.98. The normalized spacial score (nSPS) is 9.44. The monoisotopic (exact) mass is 218 g/mol. The Labute approximate surface area is 94.6 Å². The van der Waals surface area contributed by atoms with Gasteiger partial charge >= 0.3 is 5.97 Å². The van der Waals surface area contributed by atoms with Crippen molar-refractivity contribution in [2.45, 2.75) is 19.3 Å². The second-order valence-corrected chi connectivity index (χ2v) is 3.34. The lowest BCUT2D eigenvalue weighted by molar-refractivity contribution is 0.0500. The third-order valence-electron chi connectivity index (χ3n) is 2.10. The number of rotatable bonds is 5. The number of anilines is 1. The Balaban J connectivity index is 2.36. The molecule has 4 nitrogen and oxygen atoms in total. The fourth-order valence-electron chi connectivity index (χ4n) is 1.23. The summed E-state index contributed by atoms with van der Waals surface area (Å²) >= 11 is 0. The van der Waals surface area contributed by atoms with E-state index >= 15 is 0 Å². The lowest BCUT2D eigenvalue weighted by Crippen LogP contribution is -2.08. The molecule has 1 aromatic carbocycles. The number of nitriles is 1. The molecule has 16 heavy (non-hydrogen) atoms. The van der Waals surface area contributed by atoms with E-state index in [0.29, 0.717) is 30.7 Å². The Morgan fingerprint density at radius 1 is 1.38 bits per heavy atom. The Morgan fingerprint density at radius 2 is 2.12 bits per heavy atom. The van der Waals surface area contributed by atoms with Gasteiger partial charge in [0.15, 0.2) is 0 Å². The van der Waals surface area contributed by atoms with Crippen LogP contribution in [0.5, 0.6) is 0 Å². The molecule has 0 aromatic heterocycles. The number of para-hydroxylation sites is 1. The molecule has 0 fully saturated rings. The molecule has 0 saturated heterocycles. The van der Waals surface area contributed by atoms with Crippen molar-refractivity contribution < 1.29 is 9.53 Å². The van der Waals surface area contributed by atoms with Crippen molar-refractivity contribution in [3.05, 3.63) is 29.8 Å². The van der Waals surface area contributed by atoms with Gasteiger partial charge in [-0.15, -0.1) is 0 Å². The quantitative estimate of drug-likeness (QED) is 0.466. The van der Waals surface area contributed by atoms with Gasteiger partial charge in [0.2, 0.25) is 0 Å². The summed E-state index contributed by atoms with van der Waals surface area (Å²) in [5.74, 6) is -0.407. The van der Waals surface area contributed by atoms with Gasteiger partial charge in [-0.05, 0) is 25.0 Å². The molecule has 4 heteroatoms. The topological polar surface area (TPSA) is 76.1 Å². The number of benzene rings is 1. The van der Waals surface area contributed by atoms with E-state index in [9.17, 15) is 4.79 Å². The standard InChI is InChI=1S/C12H14N2O2/c13-8-4-1-5-9-16-12(15)10-6-2-3-7-11(10)14/h2-3,6-7H,1,4-5,9,14H2. The SMILES string of the molecule is N#CCCCCOC(=O)c1ccccc1N. The summed E-state index contributed by atoms with van der Waals surface area (Å²) in [4.78, 5) is 11.5. The predicted molar refractivity (Wildman–Crippen MR) is 60.6 cm³/mol. The third-order valence-corrected chi connectivity index (χ3v) is 2.10. The van der Waals surface area contributed by atoms with E-state index < -0.39 is 5.97 Å². The average molecular weight is 218 g/mol. The fraction of sp³-hybridized carbons (Fsp3) is 0.333. The summed E-state index contributed by atoms with van der Waals surface area (Å²) in [5, 5.41) is 8.31. The highest BCUT2D eigenvalue weighted by molar-refractivity contribution is 5.94. The van der Waals surface area contributed by atoms with Crippen molar-refractivity contribution >= 4 is 11.7 Å². The number of hydrogen-bond acceptors (Lipinski definition) is 4. The van der Waals surface area contributed by atoms with Crippen molar-refractivity contribution in [2.24, 2.45) is 0 Å². The summed E-state index contributed by atoms with van der Waals surface area (Å²) in [6.45, 7) is 0.328. The van der Waals surface area contributed by atoms with Crippen LogP contribution < -0.4 is 5.73 Å². The van der Waals surface area contributed by atoms with E-state index in [0.717, 1.165) is 6.42 Å². The van der Waals surface area contributed by atoms with Crippen molar-refractivity contribution in [3.63, 3.8) is 0 Å². The van der Waals surface area contributed by atoms with E-state index in [4.69, 9.17) is 15.7 Å². The molecule has 0 aliphatic carbocycles. The van der Waals surface area contributed by atoms with E-state index in [1.54, 1.807) is 24.3 Å². The second kappa shape index (κ2) is 6.46. The smallest absolute Gasteiger partial charge is 0.340 e. The number of nitrogen functional groups attached to an aromatic ring is 1. The molecular weight excluding hydrogens is 204 g/mol. The van der Waals surface area contributed by atoms with Gasteiger partial charge in [0.1, 0.15) is 0 Å². The molecule has 0 saturated carbocycles. The number of carbonyl (C=O) groups is 1. The predicted octanol–water partition coefficient (Wildman–Crippen LogP) is 2.12. The Bertz CT molecular complexity index is 396. The lowest BCUT2D eigenvalue weighted by atomic mass is 10.2. The minimum Gasteiger partial charge on any atom is -0.462 e. The summed E-state index contributed by atoms with van der Waals surface area (Å²) < 4.78 is 5.03. The fourth-order valence-corrected chi connectivity index (χ4v) is 1.23. The van der Waals surface area contributed by atoms with Crippen LogP contribution in [0.3, 0.4) is 0 Å². The molecule has 0 unspecified atom stereocenters. The van der Waals surface area contributed by atoms with Gasteiger partial charge in [-0.3, -0.25) is 0 Å². The molecule has 0 aliphatic heterocycles. The molecule has 0 amide bonds. The molecule has 2 N–H and O–H groups in total. The van der Waals surface area contributed by atoms with Gasteiger partial charge in [0.05, 0.1) is 18.2 Å². The van der Waals surface area contributed by atoms with Crippen LogP contribution in [0.4, 0.5) is 5.69 Å². The Hall–Kier alpha value is -2.02. The number of unbranched alkanes of at least 4 members (excludes halogenated alkanes) is 2. The average Bonchev–Trinajstić information content (AvgIpc) is 2.29. The molecule has 0 atom stereocenters.